The SMILES string of the molecule is C=C/C=C\C(=C/C)[C@H]1NC(NC(=O)c2ccc(F)cc2)=N[C@H]1/C(=C/CC)CC/C=C\C. The van der Waals surface area contributed by atoms with Crippen molar-refractivity contribution in [2.75, 3.05) is 0 Å². The van der Waals surface area contributed by atoms with Gasteiger partial charge in [0.25, 0.3) is 5.91 Å². The Hall–Kier alpha value is -3.21. The Morgan fingerprint density at radius 1 is 1.29 bits per heavy atom. The Bertz CT molecular complexity index is 907. The first-order valence-corrected chi connectivity index (χ1v) is 10.7. The van der Waals surface area contributed by atoms with E-state index in [-0.39, 0.29) is 23.8 Å². The Kier molecular flexibility index (Phi) is 9.69. The molecule has 0 aromatic heterocycles. The second-order valence-corrected chi connectivity index (χ2v) is 7.18. The lowest BCUT2D eigenvalue weighted by atomic mass is 9.90. The van der Waals surface area contributed by atoms with Gasteiger partial charge in [0.2, 0.25) is 0 Å². The first-order valence-electron chi connectivity index (χ1n) is 10.7. The highest BCUT2D eigenvalue weighted by molar-refractivity contribution is 6.06. The summed E-state index contributed by atoms with van der Waals surface area (Å²) in [7, 11) is 0. The van der Waals surface area contributed by atoms with Crippen molar-refractivity contribution in [3.63, 3.8) is 0 Å². The zero-order valence-corrected chi connectivity index (χ0v) is 18.6. The van der Waals surface area contributed by atoms with E-state index in [9.17, 15) is 9.18 Å². The quantitative estimate of drug-likeness (QED) is 0.401. The fraction of sp³-hybridized carbons (Fsp3) is 0.308. The van der Waals surface area contributed by atoms with Crippen molar-refractivity contribution in [3.05, 3.63) is 95.9 Å². The van der Waals surface area contributed by atoms with Gasteiger partial charge < -0.3 is 5.32 Å². The molecule has 1 amide bonds. The van der Waals surface area contributed by atoms with Gasteiger partial charge in [-0.25, -0.2) is 9.38 Å². The van der Waals surface area contributed by atoms with Crippen LogP contribution in [0.3, 0.4) is 0 Å². The molecule has 0 spiro atoms. The lowest BCUT2D eigenvalue weighted by Crippen LogP contribution is -2.43. The minimum atomic E-state index is -0.379. The molecule has 164 valence electrons. The van der Waals surface area contributed by atoms with Crippen LogP contribution in [-0.2, 0) is 0 Å². The maximum absolute atomic E-state index is 13.2. The van der Waals surface area contributed by atoms with Gasteiger partial charge in [0, 0.05) is 5.56 Å². The predicted octanol–water partition coefficient (Wildman–Crippen LogP) is 5.63. The van der Waals surface area contributed by atoms with Gasteiger partial charge in [-0.2, -0.15) is 0 Å². The second kappa shape index (κ2) is 12.5. The largest absolute Gasteiger partial charge is 0.347 e. The molecule has 1 aromatic carbocycles. The summed E-state index contributed by atoms with van der Waals surface area (Å²) in [6.45, 7) is 9.87. The fourth-order valence-corrected chi connectivity index (χ4v) is 3.50. The zero-order chi connectivity index (χ0) is 22.6. The molecule has 0 unspecified atom stereocenters. The van der Waals surface area contributed by atoms with Gasteiger partial charge in [-0.05, 0) is 68.5 Å². The number of rotatable bonds is 9. The van der Waals surface area contributed by atoms with Crippen molar-refractivity contribution in [1.29, 1.82) is 0 Å². The van der Waals surface area contributed by atoms with Gasteiger partial charge in [0.05, 0.1) is 12.1 Å². The van der Waals surface area contributed by atoms with Crippen LogP contribution in [0.2, 0.25) is 0 Å². The number of carbonyl (C=O) groups is 1. The van der Waals surface area contributed by atoms with Crippen molar-refractivity contribution >= 4 is 11.9 Å². The molecule has 1 aliphatic rings. The molecule has 1 aromatic rings. The van der Waals surface area contributed by atoms with E-state index >= 15 is 0 Å². The van der Waals surface area contributed by atoms with Crippen LogP contribution >= 0.6 is 0 Å². The highest BCUT2D eigenvalue weighted by Crippen LogP contribution is 2.26. The number of benzene rings is 1. The summed E-state index contributed by atoms with van der Waals surface area (Å²) in [6.07, 6.45) is 16.8. The fourth-order valence-electron chi connectivity index (χ4n) is 3.50. The summed E-state index contributed by atoms with van der Waals surface area (Å²) in [5.41, 5.74) is 2.67. The van der Waals surface area contributed by atoms with E-state index < -0.39 is 0 Å². The topological polar surface area (TPSA) is 53.5 Å². The van der Waals surface area contributed by atoms with Crippen molar-refractivity contribution < 1.29 is 9.18 Å². The van der Waals surface area contributed by atoms with E-state index in [4.69, 9.17) is 4.99 Å². The molecule has 0 fully saturated rings. The summed E-state index contributed by atoms with van der Waals surface area (Å²) in [5, 5.41) is 6.21. The normalized spacial score (nSPS) is 19.5. The van der Waals surface area contributed by atoms with E-state index in [2.05, 4.69) is 42.4 Å². The summed E-state index contributed by atoms with van der Waals surface area (Å²) in [6, 6.07) is 5.22. The first-order chi connectivity index (χ1) is 15.0. The number of amides is 1. The highest BCUT2D eigenvalue weighted by Gasteiger charge is 2.33. The number of nitrogens with one attached hydrogen (secondary N) is 2. The molecular weight excluding hydrogens is 389 g/mol. The Morgan fingerprint density at radius 3 is 2.65 bits per heavy atom. The third kappa shape index (κ3) is 6.92. The van der Waals surface area contributed by atoms with Crippen molar-refractivity contribution in [3.8, 4) is 0 Å². The zero-order valence-electron chi connectivity index (χ0n) is 18.6. The summed E-state index contributed by atoms with van der Waals surface area (Å²) < 4.78 is 13.2. The summed E-state index contributed by atoms with van der Waals surface area (Å²) in [4.78, 5) is 17.5. The average molecular weight is 422 g/mol. The minimum Gasteiger partial charge on any atom is -0.347 e. The van der Waals surface area contributed by atoms with Crippen LogP contribution in [0.5, 0.6) is 0 Å². The minimum absolute atomic E-state index is 0.104. The van der Waals surface area contributed by atoms with Crippen LogP contribution < -0.4 is 10.6 Å². The van der Waals surface area contributed by atoms with E-state index in [1.807, 2.05) is 32.1 Å². The smallest absolute Gasteiger partial charge is 0.257 e. The molecule has 0 bridgehead atoms. The molecule has 1 aliphatic heterocycles. The number of halogens is 1. The van der Waals surface area contributed by atoms with Crippen LogP contribution in [0.1, 0.15) is 50.4 Å². The standard InChI is InChI=1S/C26H32FN3O/c1-5-9-11-14-20(12-7-3)24-23(19(8-4)13-10-6-2)28-26(29-24)30-25(31)21-15-17-22(27)18-16-21/h5-6,8-10,12-13,15-18,23-24H,2,7,11,14H2,1,3-4H3,(H2,28,29,30,31)/b9-5-,13-10-,19-8+,20-12+/t23-,24+/m1/s1. The number of nitrogens with zero attached hydrogens (tertiary/aromatic N) is 1. The molecule has 2 N–H and O–H groups in total. The van der Waals surface area contributed by atoms with Crippen molar-refractivity contribution in [2.45, 2.75) is 52.1 Å². The van der Waals surface area contributed by atoms with Gasteiger partial charge in [-0.15, -0.1) is 0 Å². The summed E-state index contributed by atoms with van der Waals surface area (Å²) in [5.74, 6) is -0.289. The molecule has 4 nitrogen and oxygen atoms in total. The van der Waals surface area contributed by atoms with Crippen LogP contribution in [0.25, 0.3) is 0 Å². The number of carbonyl (C=O) groups excluding carboxylic acids is 1. The molecule has 31 heavy (non-hydrogen) atoms. The van der Waals surface area contributed by atoms with Crippen LogP contribution in [-0.4, -0.2) is 24.0 Å². The van der Waals surface area contributed by atoms with E-state index in [0.29, 0.717) is 11.5 Å². The lowest BCUT2D eigenvalue weighted by molar-refractivity contribution is 0.0976. The molecule has 5 heteroatoms. The van der Waals surface area contributed by atoms with Gasteiger partial charge in [0.1, 0.15) is 5.82 Å². The number of aliphatic imine (C=N–C) groups is 1. The number of guanidine groups is 1. The summed E-state index contributed by atoms with van der Waals surface area (Å²) >= 11 is 0. The lowest BCUT2D eigenvalue weighted by Gasteiger charge is -2.22. The second-order valence-electron chi connectivity index (χ2n) is 7.18. The van der Waals surface area contributed by atoms with Gasteiger partial charge in [-0.3, -0.25) is 10.1 Å². The molecule has 0 saturated heterocycles. The average Bonchev–Trinajstić information content (AvgIpc) is 3.17. The molecule has 0 saturated carbocycles. The van der Waals surface area contributed by atoms with E-state index in [1.54, 1.807) is 6.08 Å². The van der Waals surface area contributed by atoms with Crippen molar-refractivity contribution in [2.24, 2.45) is 4.99 Å². The number of hydrogen-bond acceptors (Lipinski definition) is 3. The number of hydrogen-bond donors (Lipinski definition) is 2. The van der Waals surface area contributed by atoms with Crippen LogP contribution in [0.15, 0.2) is 89.5 Å². The van der Waals surface area contributed by atoms with Gasteiger partial charge >= 0.3 is 0 Å². The van der Waals surface area contributed by atoms with Crippen molar-refractivity contribution in [1.82, 2.24) is 10.6 Å². The third-order valence-corrected chi connectivity index (χ3v) is 5.01. The maximum Gasteiger partial charge on any atom is 0.257 e. The molecule has 0 radical (unpaired) electrons. The Balaban J connectivity index is 2.32. The highest BCUT2D eigenvalue weighted by atomic mass is 19.1. The van der Waals surface area contributed by atoms with Gasteiger partial charge in [0.15, 0.2) is 5.96 Å². The monoisotopic (exact) mass is 421 g/mol. The first kappa shape index (κ1) is 24.1. The predicted molar refractivity (Wildman–Crippen MR) is 128 cm³/mol. The van der Waals surface area contributed by atoms with E-state index in [0.717, 1.165) is 24.8 Å². The maximum atomic E-state index is 13.2. The molecule has 2 atom stereocenters. The molecule has 0 aliphatic carbocycles. The van der Waals surface area contributed by atoms with E-state index in [1.165, 1.54) is 29.8 Å². The Labute approximate surface area is 185 Å². The van der Waals surface area contributed by atoms with Crippen LogP contribution in [0.4, 0.5) is 4.39 Å². The van der Waals surface area contributed by atoms with Gasteiger partial charge in [-0.1, -0.05) is 56.0 Å². The molecule has 2 rings (SSSR count). The molecule has 1 heterocycles. The molecular formula is C26H32FN3O. The van der Waals surface area contributed by atoms with Crippen LogP contribution in [0, 0.1) is 5.82 Å². The Morgan fingerprint density at radius 2 is 2.03 bits per heavy atom. The number of allylic oxidation sites excluding steroid dienone is 6. The third-order valence-electron chi connectivity index (χ3n) is 5.01.